The van der Waals surface area contributed by atoms with Crippen LogP contribution in [0.1, 0.15) is 5.56 Å². The molecule has 0 aliphatic carbocycles. The second-order valence-electron chi connectivity index (χ2n) is 2.81. The predicted octanol–water partition coefficient (Wildman–Crippen LogP) is 2.77. The van der Waals surface area contributed by atoms with E-state index in [4.69, 9.17) is 33.8 Å². The Balaban J connectivity index is 2.96. The van der Waals surface area contributed by atoms with Gasteiger partial charge in [0.15, 0.2) is 0 Å². The molecule has 1 aromatic rings. The molecule has 0 atom stereocenters. The van der Waals surface area contributed by atoms with Crippen LogP contribution in [0.15, 0.2) is 24.3 Å². The number of halogens is 2. The van der Waals surface area contributed by atoms with Crippen molar-refractivity contribution in [1.29, 1.82) is 5.53 Å². The molecule has 6 heteroatoms. The van der Waals surface area contributed by atoms with Crippen molar-refractivity contribution in [2.45, 2.75) is 0 Å². The monoisotopic (exact) mass is 257 g/mol. The first-order chi connectivity index (χ1) is 7.54. The number of benzene rings is 1. The first-order valence-corrected chi connectivity index (χ1v) is 4.91. The Morgan fingerprint density at radius 2 is 2.06 bits per heavy atom. The quantitative estimate of drug-likeness (QED) is 0.497. The number of hydrogen-bond acceptors (Lipinski definition) is 2. The number of nitrogens with one attached hydrogen (secondary N) is 1. The van der Waals surface area contributed by atoms with E-state index in [-0.39, 0.29) is 5.71 Å². The molecule has 2 N–H and O–H groups in total. The SMILES string of the molecule is N=[N+]=C(C=Cc1ccc(Cl)c(Cl)c1)C(=O)O. The summed E-state index contributed by atoms with van der Waals surface area (Å²) in [6.07, 6.45) is 2.71. The van der Waals surface area contributed by atoms with Gasteiger partial charge in [-0.15, -0.1) is 0 Å². The second-order valence-corrected chi connectivity index (χ2v) is 3.62. The van der Waals surface area contributed by atoms with Crippen molar-refractivity contribution in [3.05, 3.63) is 39.9 Å². The number of nitrogens with zero attached hydrogens (tertiary/aromatic N) is 1. The zero-order chi connectivity index (χ0) is 12.1. The second kappa shape index (κ2) is 5.47. The van der Waals surface area contributed by atoms with Gasteiger partial charge in [0.25, 0.3) is 0 Å². The largest absolute Gasteiger partial charge is 0.472 e. The molecule has 16 heavy (non-hydrogen) atoms. The lowest BCUT2D eigenvalue weighted by atomic mass is 10.2. The van der Waals surface area contributed by atoms with Crippen LogP contribution in [0.25, 0.3) is 6.08 Å². The molecule has 82 valence electrons. The third-order valence-corrected chi connectivity index (χ3v) is 2.46. The van der Waals surface area contributed by atoms with Gasteiger partial charge in [0.05, 0.1) is 20.4 Å². The van der Waals surface area contributed by atoms with Crippen molar-refractivity contribution in [3.63, 3.8) is 0 Å². The summed E-state index contributed by atoms with van der Waals surface area (Å²) >= 11 is 11.5. The fourth-order valence-corrected chi connectivity index (χ4v) is 1.25. The maximum Gasteiger partial charge on any atom is 0.448 e. The molecule has 0 radical (unpaired) electrons. The van der Waals surface area contributed by atoms with E-state index in [2.05, 4.69) is 4.79 Å². The van der Waals surface area contributed by atoms with Gasteiger partial charge in [0.2, 0.25) is 0 Å². The van der Waals surface area contributed by atoms with E-state index in [1.807, 2.05) is 0 Å². The van der Waals surface area contributed by atoms with Crippen LogP contribution < -0.4 is 0 Å². The first kappa shape index (κ1) is 12.5. The molecule has 0 spiro atoms. The highest BCUT2D eigenvalue weighted by atomic mass is 35.5. The van der Waals surface area contributed by atoms with Gasteiger partial charge in [0, 0.05) is 6.08 Å². The van der Waals surface area contributed by atoms with Gasteiger partial charge in [-0.2, -0.15) is 0 Å². The van der Waals surface area contributed by atoms with Crippen LogP contribution in [0.5, 0.6) is 0 Å². The maximum atomic E-state index is 10.5. The van der Waals surface area contributed by atoms with E-state index in [9.17, 15) is 4.79 Å². The van der Waals surface area contributed by atoms with E-state index in [0.29, 0.717) is 15.6 Å². The summed E-state index contributed by atoms with van der Waals surface area (Å²) in [6, 6.07) is 4.86. The summed E-state index contributed by atoms with van der Waals surface area (Å²) < 4.78 is 0. The van der Waals surface area contributed by atoms with Gasteiger partial charge in [-0.1, -0.05) is 29.3 Å². The van der Waals surface area contributed by atoms with Crippen molar-refractivity contribution in [1.82, 2.24) is 0 Å². The zero-order valence-electron chi connectivity index (χ0n) is 7.95. The zero-order valence-corrected chi connectivity index (χ0v) is 9.46. The van der Waals surface area contributed by atoms with Gasteiger partial charge >= 0.3 is 11.7 Å². The molecule has 0 amide bonds. The van der Waals surface area contributed by atoms with Gasteiger partial charge < -0.3 is 5.11 Å². The standard InChI is InChI=1S/C10H6Cl2N2O2/c11-7-3-1-6(5-8(7)12)2-4-9(14-13)10(15)16/h1-5,13H/p+1. The maximum absolute atomic E-state index is 10.5. The third kappa shape index (κ3) is 3.21. The summed E-state index contributed by atoms with van der Waals surface area (Å²) in [5, 5.41) is 9.40. The Labute approximate surface area is 101 Å². The molecule has 4 nitrogen and oxygen atoms in total. The number of carboxylic acid groups (broad SMARTS) is 1. The molecule has 1 rings (SSSR count). The summed E-state index contributed by atoms with van der Waals surface area (Å²) in [5.41, 5.74) is 6.96. The Kier molecular flexibility index (Phi) is 4.26. The minimum Gasteiger partial charge on any atom is -0.472 e. The molecule has 0 bridgehead atoms. The van der Waals surface area contributed by atoms with Crippen LogP contribution in [-0.2, 0) is 4.79 Å². The summed E-state index contributed by atoms with van der Waals surface area (Å²) in [6.45, 7) is 0. The normalized spacial score (nSPS) is 10.1. The van der Waals surface area contributed by atoms with Crippen LogP contribution >= 0.6 is 23.2 Å². The first-order valence-electron chi connectivity index (χ1n) is 4.15. The highest BCUT2D eigenvalue weighted by molar-refractivity contribution is 6.42. The molecule has 0 heterocycles. The van der Waals surface area contributed by atoms with E-state index >= 15 is 0 Å². The van der Waals surface area contributed by atoms with Gasteiger partial charge in [-0.3, -0.25) is 0 Å². The van der Waals surface area contributed by atoms with Crippen LogP contribution in [0.2, 0.25) is 10.0 Å². The van der Waals surface area contributed by atoms with Crippen LogP contribution in [0.4, 0.5) is 0 Å². The van der Waals surface area contributed by atoms with Crippen LogP contribution in [0, 0.1) is 5.53 Å². The van der Waals surface area contributed by atoms with Gasteiger partial charge in [0.1, 0.15) is 0 Å². The lowest BCUT2D eigenvalue weighted by Gasteiger charge is -1.96. The number of carbonyl (C=O) groups is 1. The average molecular weight is 258 g/mol. The molecular weight excluding hydrogens is 251 g/mol. The van der Waals surface area contributed by atoms with Gasteiger partial charge in [-0.25, -0.2) is 4.79 Å². The van der Waals surface area contributed by atoms with Crippen molar-refractivity contribution in [2.24, 2.45) is 0 Å². The predicted molar refractivity (Wildman–Crippen MR) is 61.1 cm³/mol. The smallest absolute Gasteiger partial charge is 0.448 e. The lowest BCUT2D eigenvalue weighted by molar-refractivity contribution is -0.147. The molecule has 1 aromatic carbocycles. The van der Waals surface area contributed by atoms with Crippen molar-refractivity contribution in [2.75, 3.05) is 0 Å². The number of rotatable bonds is 3. The van der Waals surface area contributed by atoms with E-state index < -0.39 is 5.97 Å². The average Bonchev–Trinajstić information content (AvgIpc) is 2.23. The van der Waals surface area contributed by atoms with E-state index in [0.717, 1.165) is 0 Å². The minimum absolute atomic E-state index is 0.355. The summed E-state index contributed by atoms with van der Waals surface area (Å²) in [7, 11) is 0. The fraction of sp³-hybridized carbons (Fsp3) is 0. The topological polar surface area (TPSA) is 75.2 Å². The Hall–Kier alpha value is -1.61. The fourth-order valence-electron chi connectivity index (χ4n) is 0.948. The van der Waals surface area contributed by atoms with Crippen molar-refractivity contribution < 1.29 is 14.7 Å². The minimum atomic E-state index is -1.26. The third-order valence-electron chi connectivity index (χ3n) is 1.72. The Morgan fingerprint density at radius 3 is 2.56 bits per heavy atom. The Morgan fingerprint density at radius 1 is 1.38 bits per heavy atom. The van der Waals surface area contributed by atoms with Crippen molar-refractivity contribution in [3.8, 4) is 0 Å². The molecule has 0 aliphatic heterocycles. The number of hydrogen-bond donors (Lipinski definition) is 2. The molecule has 0 aliphatic rings. The number of carboxylic acids is 1. The van der Waals surface area contributed by atoms with E-state index in [1.54, 1.807) is 18.2 Å². The Bertz CT molecular complexity index is 506. The molecule has 0 unspecified atom stereocenters. The summed E-state index contributed by atoms with van der Waals surface area (Å²) in [4.78, 5) is 13.4. The molecule has 0 aromatic heterocycles. The highest BCUT2D eigenvalue weighted by Crippen LogP contribution is 2.22. The number of aliphatic carboxylic acids is 1. The molecular formula is C10H7Cl2N2O2+. The lowest BCUT2D eigenvalue weighted by Crippen LogP contribution is -2.10. The summed E-state index contributed by atoms with van der Waals surface area (Å²) in [5.74, 6) is -1.26. The highest BCUT2D eigenvalue weighted by Gasteiger charge is 2.16. The van der Waals surface area contributed by atoms with Crippen LogP contribution in [0.3, 0.4) is 0 Å². The molecule has 0 fully saturated rings. The van der Waals surface area contributed by atoms with Crippen LogP contribution in [-0.4, -0.2) is 21.6 Å². The van der Waals surface area contributed by atoms with Crippen molar-refractivity contribution >= 4 is 41.0 Å². The molecule has 0 saturated carbocycles. The molecule has 0 saturated heterocycles. The van der Waals surface area contributed by atoms with E-state index in [1.165, 1.54) is 12.2 Å². The van der Waals surface area contributed by atoms with Gasteiger partial charge in [-0.05, 0) is 23.8 Å².